The molecular formula is C19H26N6O2. The molecule has 1 saturated heterocycles. The molecule has 0 saturated carbocycles. The van der Waals surface area contributed by atoms with Gasteiger partial charge in [-0.3, -0.25) is 14.5 Å². The Morgan fingerprint density at radius 3 is 2.81 bits per heavy atom. The maximum Gasteiger partial charge on any atom is 0.251 e. The molecule has 2 heterocycles. The Hall–Kier alpha value is -2.71. The lowest BCUT2D eigenvalue weighted by Crippen LogP contribution is -2.46. The summed E-state index contributed by atoms with van der Waals surface area (Å²) in [5, 5.41) is 9.10. The number of piperazine rings is 1. The molecule has 3 rings (SSSR count). The van der Waals surface area contributed by atoms with Gasteiger partial charge in [0.1, 0.15) is 0 Å². The van der Waals surface area contributed by atoms with E-state index >= 15 is 0 Å². The van der Waals surface area contributed by atoms with Crippen molar-refractivity contribution in [1.29, 1.82) is 0 Å². The van der Waals surface area contributed by atoms with Crippen molar-refractivity contribution >= 4 is 17.5 Å². The van der Waals surface area contributed by atoms with Gasteiger partial charge in [-0.2, -0.15) is 0 Å². The van der Waals surface area contributed by atoms with Crippen LogP contribution in [0.1, 0.15) is 16.8 Å². The summed E-state index contributed by atoms with van der Waals surface area (Å²) in [5.41, 5.74) is 1.17. The van der Waals surface area contributed by atoms with Gasteiger partial charge in [-0.1, -0.05) is 6.07 Å². The second-order valence-corrected chi connectivity index (χ2v) is 6.53. The highest BCUT2D eigenvalue weighted by Gasteiger charge is 2.11. The molecule has 1 fully saturated rings. The van der Waals surface area contributed by atoms with E-state index in [0.717, 1.165) is 32.7 Å². The summed E-state index contributed by atoms with van der Waals surface area (Å²) in [6.07, 6.45) is 5.52. The van der Waals surface area contributed by atoms with Gasteiger partial charge < -0.3 is 20.5 Å². The quantitative estimate of drug-likeness (QED) is 0.631. The average Bonchev–Trinajstić information content (AvgIpc) is 3.21. The third-order valence-corrected chi connectivity index (χ3v) is 4.49. The number of anilines is 1. The Morgan fingerprint density at radius 1 is 1.19 bits per heavy atom. The Bertz CT molecular complexity index is 740. The highest BCUT2D eigenvalue weighted by atomic mass is 16.2. The molecule has 0 radical (unpaired) electrons. The molecule has 8 nitrogen and oxygen atoms in total. The third kappa shape index (κ3) is 6.19. The highest BCUT2D eigenvalue weighted by molar-refractivity contribution is 5.97. The average molecular weight is 370 g/mol. The zero-order valence-corrected chi connectivity index (χ0v) is 15.4. The smallest absolute Gasteiger partial charge is 0.251 e. The Morgan fingerprint density at radius 2 is 2.04 bits per heavy atom. The zero-order valence-electron chi connectivity index (χ0n) is 15.4. The fraction of sp³-hybridized carbons (Fsp3) is 0.421. The van der Waals surface area contributed by atoms with Gasteiger partial charge in [-0.25, -0.2) is 4.98 Å². The number of rotatable bonds is 8. The van der Waals surface area contributed by atoms with E-state index < -0.39 is 0 Å². The standard InChI is InChI=1S/C19H26N6O2/c26-18(4-9-25-12-7-21-15-25)23-17-3-1-2-16(14-17)19(27)22-8-13-24-10-5-20-6-11-24/h1-3,7,12,14-15,20H,4-6,8-11,13H2,(H,22,27)(H,23,26). The molecule has 1 aromatic carbocycles. The van der Waals surface area contributed by atoms with Crippen LogP contribution in [0.5, 0.6) is 0 Å². The minimum Gasteiger partial charge on any atom is -0.351 e. The lowest BCUT2D eigenvalue weighted by atomic mass is 10.2. The minimum atomic E-state index is -0.125. The van der Waals surface area contributed by atoms with Crippen molar-refractivity contribution in [2.24, 2.45) is 0 Å². The summed E-state index contributed by atoms with van der Waals surface area (Å²) >= 11 is 0. The van der Waals surface area contributed by atoms with Crippen molar-refractivity contribution in [3.05, 3.63) is 48.5 Å². The second-order valence-electron chi connectivity index (χ2n) is 6.53. The molecule has 2 amide bonds. The number of hydrogen-bond donors (Lipinski definition) is 3. The molecule has 2 aromatic rings. The van der Waals surface area contributed by atoms with E-state index in [1.807, 2.05) is 10.8 Å². The van der Waals surface area contributed by atoms with Gasteiger partial charge >= 0.3 is 0 Å². The zero-order chi connectivity index (χ0) is 18.9. The van der Waals surface area contributed by atoms with E-state index in [1.165, 1.54) is 0 Å². The summed E-state index contributed by atoms with van der Waals surface area (Å²) in [6, 6.07) is 7.01. The lowest BCUT2D eigenvalue weighted by molar-refractivity contribution is -0.116. The highest BCUT2D eigenvalue weighted by Crippen LogP contribution is 2.11. The molecule has 0 spiro atoms. The van der Waals surface area contributed by atoms with E-state index in [0.29, 0.717) is 30.8 Å². The molecular weight excluding hydrogens is 344 g/mol. The van der Waals surface area contributed by atoms with Crippen LogP contribution < -0.4 is 16.0 Å². The first-order valence-corrected chi connectivity index (χ1v) is 9.27. The fourth-order valence-electron chi connectivity index (χ4n) is 2.98. The monoisotopic (exact) mass is 370 g/mol. The van der Waals surface area contributed by atoms with Crippen LogP contribution in [0.15, 0.2) is 43.0 Å². The first-order chi connectivity index (χ1) is 13.2. The van der Waals surface area contributed by atoms with Crippen molar-refractivity contribution in [2.75, 3.05) is 44.6 Å². The molecule has 1 aromatic heterocycles. The summed E-state index contributed by atoms with van der Waals surface area (Å²) in [6.45, 7) is 6.04. The number of hydrogen-bond acceptors (Lipinski definition) is 5. The largest absolute Gasteiger partial charge is 0.351 e. The normalized spacial score (nSPS) is 14.7. The van der Waals surface area contributed by atoms with Gasteiger partial charge in [0, 0.05) is 75.9 Å². The van der Waals surface area contributed by atoms with Gasteiger partial charge in [-0.15, -0.1) is 0 Å². The van der Waals surface area contributed by atoms with Crippen molar-refractivity contribution < 1.29 is 9.59 Å². The van der Waals surface area contributed by atoms with E-state index in [9.17, 15) is 9.59 Å². The number of benzene rings is 1. The number of carbonyl (C=O) groups is 2. The Labute approximate surface area is 159 Å². The fourth-order valence-corrected chi connectivity index (χ4v) is 2.98. The number of nitrogens with zero attached hydrogens (tertiary/aromatic N) is 3. The second kappa shape index (κ2) is 9.84. The van der Waals surface area contributed by atoms with Crippen molar-refractivity contribution in [1.82, 2.24) is 25.1 Å². The predicted octanol–water partition coefficient (Wildman–Crippen LogP) is 0.547. The van der Waals surface area contributed by atoms with Crippen molar-refractivity contribution in [3.63, 3.8) is 0 Å². The number of carbonyl (C=O) groups excluding carboxylic acids is 2. The maximum atomic E-state index is 12.3. The maximum absolute atomic E-state index is 12.3. The third-order valence-electron chi connectivity index (χ3n) is 4.49. The molecule has 0 bridgehead atoms. The minimum absolute atomic E-state index is 0.0973. The SMILES string of the molecule is O=C(CCn1ccnc1)Nc1cccc(C(=O)NCCN2CCNCC2)c1. The van der Waals surface area contributed by atoms with Crippen molar-refractivity contribution in [3.8, 4) is 0 Å². The summed E-state index contributed by atoms with van der Waals surface area (Å²) < 4.78 is 1.85. The molecule has 1 aliphatic heterocycles. The van der Waals surface area contributed by atoms with Crippen molar-refractivity contribution in [2.45, 2.75) is 13.0 Å². The first kappa shape index (κ1) is 19.1. The van der Waals surface area contributed by atoms with E-state index in [1.54, 1.807) is 36.8 Å². The predicted molar refractivity (Wildman–Crippen MR) is 104 cm³/mol. The van der Waals surface area contributed by atoms with Crippen LogP contribution in [0.4, 0.5) is 5.69 Å². The topological polar surface area (TPSA) is 91.3 Å². The van der Waals surface area contributed by atoms with Gasteiger partial charge in [0.15, 0.2) is 0 Å². The molecule has 1 aliphatic rings. The number of aromatic nitrogens is 2. The number of imidazole rings is 1. The van der Waals surface area contributed by atoms with Crippen LogP contribution in [0.25, 0.3) is 0 Å². The molecule has 0 unspecified atom stereocenters. The van der Waals surface area contributed by atoms with E-state index in [4.69, 9.17) is 0 Å². The molecule has 27 heavy (non-hydrogen) atoms. The molecule has 3 N–H and O–H groups in total. The van der Waals surface area contributed by atoms with Gasteiger partial charge in [0.05, 0.1) is 6.33 Å². The lowest BCUT2D eigenvalue weighted by Gasteiger charge is -2.27. The van der Waals surface area contributed by atoms with E-state index in [-0.39, 0.29) is 11.8 Å². The van der Waals surface area contributed by atoms with Gasteiger partial charge in [-0.05, 0) is 18.2 Å². The van der Waals surface area contributed by atoms with Crippen LogP contribution in [-0.2, 0) is 11.3 Å². The summed E-state index contributed by atoms with van der Waals surface area (Å²) in [5.74, 6) is -0.223. The first-order valence-electron chi connectivity index (χ1n) is 9.27. The van der Waals surface area contributed by atoms with Crippen LogP contribution in [-0.4, -0.2) is 65.5 Å². The number of aryl methyl sites for hydroxylation is 1. The van der Waals surface area contributed by atoms with Crippen LogP contribution in [0, 0.1) is 0 Å². The number of nitrogens with one attached hydrogen (secondary N) is 3. The molecule has 0 aliphatic carbocycles. The van der Waals surface area contributed by atoms with Crippen LogP contribution >= 0.6 is 0 Å². The van der Waals surface area contributed by atoms with Crippen LogP contribution in [0.3, 0.4) is 0 Å². The molecule has 0 atom stereocenters. The molecule has 144 valence electrons. The summed E-state index contributed by atoms with van der Waals surface area (Å²) in [7, 11) is 0. The summed E-state index contributed by atoms with van der Waals surface area (Å²) in [4.78, 5) is 30.7. The Balaban J connectivity index is 1.44. The molecule has 8 heteroatoms. The van der Waals surface area contributed by atoms with Gasteiger partial charge in [0.25, 0.3) is 5.91 Å². The Kier molecular flexibility index (Phi) is 6.95. The number of amides is 2. The van der Waals surface area contributed by atoms with E-state index in [2.05, 4.69) is 25.8 Å². The van der Waals surface area contributed by atoms with Gasteiger partial charge in [0.2, 0.25) is 5.91 Å². The van der Waals surface area contributed by atoms with Crippen LogP contribution in [0.2, 0.25) is 0 Å².